The van der Waals surface area contributed by atoms with E-state index in [9.17, 15) is 4.79 Å². The number of fused-ring (bicyclic) bond motifs is 1. The third-order valence-electron chi connectivity index (χ3n) is 5.70. The number of carbonyl (C=O) groups excluding carboxylic acids is 1. The minimum Gasteiger partial charge on any atom is -0.497 e. The zero-order valence-corrected chi connectivity index (χ0v) is 16.6. The summed E-state index contributed by atoms with van der Waals surface area (Å²) >= 11 is 0. The maximum absolute atomic E-state index is 13.1. The summed E-state index contributed by atoms with van der Waals surface area (Å²) in [6, 6.07) is 5.59. The summed E-state index contributed by atoms with van der Waals surface area (Å²) in [5.41, 5.74) is 2.59. The Morgan fingerprint density at radius 1 is 1.21 bits per heavy atom. The van der Waals surface area contributed by atoms with Crippen molar-refractivity contribution in [2.45, 2.75) is 31.8 Å². The van der Waals surface area contributed by atoms with Crippen molar-refractivity contribution in [3.05, 3.63) is 47.0 Å². The van der Waals surface area contributed by atoms with Gasteiger partial charge < -0.3 is 14.4 Å². The minimum atomic E-state index is -0.0685. The zero-order valence-electron chi connectivity index (χ0n) is 16.6. The molecular formula is C21H26N4O3. The molecule has 0 bridgehead atoms. The maximum Gasteiger partial charge on any atom is 0.258 e. The quantitative estimate of drug-likeness (QED) is 0.809. The molecular weight excluding hydrogens is 356 g/mol. The van der Waals surface area contributed by atoms with Crippen LogP contribution in [0.2, 0.25) is 0 Å². The summed E-state index contributed by atoms with van der Waals surface area (Å²) in [6.45, 7) is 2.23. The average molecular weight is 382 g/mol. The van der Waals surface area contributed by atoms with Gasteiger partial charge in [0.25, 0.3) is 5.91 Å². The van der Waals surface area contributed by atoms with Gasteiger partial charge in [-0.15, -0.1) is 0 Å². The van der Waals surface area contributed by atoms with Gasteiger partial charge in [-0.3, -0.25) is 9.69 Å². The Balaban J connectivity index is 1.55. The van der Waals surface area contributed by atoms with E-state index in [0.29, 0.717) is 36.2 Å². The lowest BCUT2D eigenvalue weighted by Crippen LogP contribution is -2.37. The van der Waals surface area contributed by atoms with Gasteiger partial charge in [0.2, 0.25) is 0 Å². The van der Waals surface area contributed by atoms with Crippen LogP contribution >= 0.6 is 0 Å². The lowest BCUT2D eigenvalue weighted by atomic mass is 10.0. The average Bonchev–Trinajstić information content (AvgIpc) is 3.17. The van der Waals surface area contributed by atoms with E-state index in [4.69, 9.17) is 14.5 Å². The number of aromatic nitrogens is 2. The van der Waals surface area contributed by atoms with Crippen molar-refractivity contribution in [2.24, 2.45) is 0 Å². The van der Waals surface area contributed by atoms with E-state index in [0.717, 1.165) is 36.5 Å². The number of likely N-dealkylation sites (tertiary alicyclic amines) is 1. The monoisotopic (exact) mass is 382 g/mol. The van der Waals surface area contributed by atoms with E-state index in [1.165, 1.54) is 6.42 Å². The molecule has 2 aliphatic rings. The van der Waals surface area contributed by atoms with Gasteiger partial charge in [0.15, 0.2) is 0 Å². The molecule has 0 saturated carbocycles. The van der Waals surface area contributed by atoms with Crippen LogP contribution < -0.4 is 9.47 Å². The van der Waals surface area contributed by atoms with Gasteiger partial charge in [0.05, 0.1) is 31.5 Å². The van der Waals surface area contributed by atoms with Crippen molar-refractivity contribution < 1.29 is 14.3 Å². The van der Waals surface area contributed by atoms with Crippen LogP contribution in [0.5, 0.6) is 11.5 Å². The molecule has 0 spiro atoms. The largest absolute Gasteiger partial charge is 0.497 e. The van der Waals surface area contributed by atoms with Crippen LogP contribution in [0.4, 0.5) is 0 Å². The molecule has 148 valence electrons. The van der Waals surface area contributed by atoms with Crippen LogP contribution in [-0.4, -0.2) is 60.0 Å². The maximum atomic E-state index is 13.1. The fourth-order valence-corrected chi connectivity index (χ4v) is 4.05. The number of amides is 1. The summed E-state index contributed by atoms with van der Waals surface area (Å²) in [4.78, 5) is 26.7. The normalized spacial score (nSPS) is 19.4. The highest BCUT2D eigenvalue weighted by atomic mass is 16.5. The van der Waals surface area contributed by atoms with E-state index in [1.54, 1.807) is 32.4 Å². The molecule has 1 aromatic heterocycles. The predicted octanol–water partition coefficient (Wildman–Crippen LogP) is 2.46. The predicted molar refractivity (Wildman–Crippen MR) is 105 cm³/mol. The Bertz CT molecular complexity index is 886. The molecule has 28 heavy (non-hydrogen) atoms. The molecule has 4 rings (SSSR count). The molecule has 7 nitrogen and oxygen atoms in total. The van der Waals surface area contributed by atoms with Crippen molar-refractivity contribution >= 4 is 5.91 Å². The summed E-state index contributed by atoms with van der Waals surface area (Å²) in [7, 11) is 5.28. The Kier molecular flexibility index (Phi) is 5.17. The fraction of sp³-hybridized carbons (Fsp3) is 0.476. The van der Waals surface area contributed by atoms with E-state index in [-0.39, 0.29) is 5.91 Å². The standard InChI is InChI=1S/C21H26N4O3/c1-24-9-4-5-18(24)20-22-12-14-13-25(10-8-17(14)23-20)21(26)16-11-15(27-2)6-7-19(16)28-3/h6-7,11-12,18H,4-5,8-10,13H2,1-3H3. The van der Waals surface area contributed by atoms with E-state index in [1.807, 2.05) is 11.1 Å². The first-order valence-corrected chi connectivity index (χ1v) is 9.67. The number of rotatable bonds is 4. The smallest absolute Gasteiger partial charge is 0.258 e. The molecule has 1 aromatic carbocycles. The molecule has 1 atom stereocenters. The van der Waals surface area contributed by atoms with Gasteiger partial charge in [-0.05, 0) is 44.6 Å². The van der Waals surface area contributed by atoms with Gasteiger partial charge in [-0.25, -0.2) is 9.97 Å². The molecule has 1 saturated heterocycles. The summed E-state index contributed by atoms with van der Waals surface area (Å²) in [6.07, 6.45) is 4.92. The molecule has 2 aromatic rings. The van der Waals surface area contributed by atoms with Gasteiger partial charge in [0.1, 0.15) is 17.3 Å². The number of benzene rings is 1. The number of hydrogen-bond acceptors (Lipinski definition) is 6. The molecule has 0 N–H and O–H groups in total. The summed E-state index contributed by atoms with van der Waals surface area (Å²) in [5, 5.41) is 0. The molecule has 1 amide bonds. The molecule has 0 aliphatic carbocycles. The zero-order chi connectivity index (χ0) is 19.7. The van der Waals surface area contributed by atoms with Crippen LogP contribution in [-0.2, 0) is 13.0 Å². The summed E-state index contributed by atoms with van der Waals surface area (Å²) < 4.78 is 10.6. The van der Waals surface area contributed by atoms with Gasteiger partial charge in [0, 0.05) is 31.3 Å². The first kappa shape index (κ1) is 18.7. The van der Waals surface area contributed by atoms with E-state index >= 15 is 0 Å². The van der Waals surface area contributed by atoms with E-state index < -0.39 is 0 Å². The van der Waals surface area contributed by atoms with Crippen LogP contribution in [0.1, 0.15) is 46.3 Å². The van der Waals surface area contributed by atoms with Crippen LogP contribution in [0, 0.1) is 0 Å². The summed E-state index contributed by atoms with van der Waals surface area (Å²) in [5.74, 6) is 2.02. The highest BCUT2D eigenvalue weighted by Gasteiger charge is 2.29. The Morgan fingerprint density at radius 2 is 2.07 bits per heavy atom. The van der Waals surface area contributed by atoms with Crippen molar-refractivity contribution in [3.8, 4) is 11.5 Å². The fourth-order valence-electron chi connectivity index (χ4n) is 4.05. The van der Waals surface area contributed by atoms with Gasteiger partial charge in [-0.1, -0.05) is 0 Å². The number of ether oxygens (including phenoxy) is 2. The molecule has 2 aliphatic heterocycles. The second-order valence-corrected chi connectivity index (χ2v) is 7.38. The molecule has 1 fully saturated rings. The lowest BCUT2D eigenvalue weighted by Gasteiger charge is -2.29. The lowest BCUT2D eigenvalue weighted by molar-refractivity contribution is 0.0729. The van der Waals surface area contributed by atoms with Crippen molar-refractivity contribution in [3.63, 3.8) is 0 Å². The van der Waals surface area contributed by atoms with Crippen molar-refractivity contribution in [2.75, 3.05) is 34.4 Å². The minimum absolute atomic E-state index is 0.0685. The number of methoxy groups -OCH3 is 2. The van der Waals surface area contributed by atoms with Gasteiger partial charge >= 0.3 is 0 Å². The highest BCUT2D eigenvalue weighted by Crippen LogP contribution is 2.30. The SMILES string of the molecule is COc1ccc(OC)c(C(=O)N2CCc3nc(C4CCCN4C)ncc3C2)c1. The van der Waals surface area contributed by atoms with Crippen LogP contribution in [0.15, 0.2) is 24.4 Å². The third-order valence-corrected chi connectivity index (χ3v) is 5.70. The van der Waals surface area contributed by atoms with Crippen LogP contribution in [0.3, 0.4) is 0 Å². The Labute approximate surface area is 165 Å². The Hall–Kier alpha value is -2.67. The number of hydrogen-bond donors (Lipinski definition) is 0. The second-order valence-electron chi connectivity index (χ2n) is 7.38. The second kappa shape index (κ2) is 7.75. The molecule has 3 heterocycles. The topological polar surface area (TPSA) is 67.8 Å². The van der Waals surface area contributed by atoms with Crippen LogP contribution in [0.25, 0.3) is 0 Å². The highest BCUT2D eigenvalue weighted by molar-refractivity contribution is 5.97. The first-order valence-electron chi connectivity index (χ1n) is 9.67. The van der Waals surface area contributed by atoms with Crippen molar-refractivity contribution in [1.29, 1.82) is 0 Å². The Morgan fingerprint density at radius 3 is 2.79 bits per heavy atom. The van der Waals surface area contributed by atoms with E-state index in [2.05, 4.69) is 16.9 Å². The molecule has 7 heteroatoms. The third kappa shape index (κ3) is 3.42. The first-order chi connectivity index (χ1) is 13.6. The number of nitrogens with zero attached hydrogens (tertiary/aromatic N) is 4. The van der Waals surface area contributed by atoms with Crippen molar-refractivity contribution in [1.82, 2.24) is 19.8 Å². The van der Waals surface area contributed by atoms with Gasteiger partial charge in [-0.2, -0.15) is 0 Å². The molecule has 1 unspecified atom stereocenters. The molecule has 0 radical (unpaired) electrons. The number of carbonyl (C=O) groups is 1.